The fourth-order valence-electron chi connectivity index (χ4n) is 3.75. The van der Waals surface area contributed by atoms with Crippen LogP contribution in [-0.4, -0.2) is 44.7 Å². The van der Waals surface area contributed by atoms with Crippen LogP contribution in [0.5, 0.6) is 0 Å². The molecule has 0 aromatic heterocycles. The van der Waals surface area contributed by atoms with Crippen molar-refractivity contribution >= 4 is 5.97 Å². The van der Waals surface area contributed by atoms with Gasteiger partial charge in [0.1, 0.15) is 0 Å². The third-order valence-corrected chi connectivity index (χ3v) is 5.25. The van der Waals surface area contributed by atoms with Crippen LogP contribution in [-0.2, 0) is 4.79 Å². The van der Waals surface area contributed by atoms with Gasteiger partial charge in [-0.1, -0.05) is 57.6 Å². The Morgan fingerprint density at radius 2 is 1.76 bits per heavy atom. The van der Waals surface area contributed by atoms with E-state index < -0.39 is 24.3 Å². The number of hydrogen-bond donors (Lipinski definition) is 4. The van der Waals surface area contributed by atoms with Gasteiger partial charge in [-0.3, -0.25) is 4.79 Å². The van der Waals surface area contributed by atoms with Crippen molar-refractivity contribution < 1.29 is 25.2 Å². The molecule has 146 valence electrons. The molecule has 1 aliphatic rings. The highest BCUT2D eigenvalue weighted by atomic mass is 16.4. The third-order valence-electron chi connectivity index (χ3n) is 5.25. The summed E-state index contributed by atoms with van der Waals surface area (Å²) >= 11 is 0. The highest BCUT2D eigenvalue weighted by molar-refractivity contribution is 5.66. The molecule has 0 aliphatic heterocycles. The Hall–Kier alpha value is -0.910. The van der Waals surface area contributed by atoms with Crippen molar-refractivity contribution in [1.29, 1.82) is 0 Å². The predicted octanol–water partition coefficient (Wildman–Crippen LogP) is 3.27. The highest BCUT2D eigenvalue weighted by Gasteiger charge is 2.39. The monoisotopic (exact) mass is 356 g/mol. The molecule has 0 heterocycles. The number of carboxylic acids is 1. The summed E-state index contributed by atoms with van der Waals surface area (Å²) in [6.07, 6.45) is 11.1. The lowest BCUT2D eigenvalue weighted by Gasteiger charge is -2.20. The zero-order valence-corrected chi connectivity index (χ0v) is 15.5. The van der Waals surface area contributed by atoms with Crippen molar-refractivity contribution in [1.82, 2.24) is 0 Å². The first-order valence-electron chi connectivity index (χ1n) is 9.90. The van der Waals surface area contributed by atoms with Crippen molar-refractivity contribution in [2.24, 2.45) is 11.8 Å². The van der Waals surface area contributed by atoms with E-state index in [4.69, 9.17) is 5.11 Å². The molecule has 1 rings (SSSR count). The van der Waals surface area contributed by atoms with Crippen LogP contribution in [0, 0.1) is 11.8 Å². The summed E-state index contributed by atoms with van der Waals surface area (Å²) in [4.78, 5) is 10.6. The summed E-state index contributed by atoms with van der Waals surface area (Å²) in [6.45, 7) is 2.19. The fraction of sp³-hybridized carbons (Fsp3) is 0.850. The van der Waals surface area contributed by atoms with E-state index in [1.807, 2.05) is 6.08 Å². The Labute approximate surface area is 151 Å². The molecule has 1 saturated carbocycles. The van der Waals surface area contributed by atoms with E-state index in [2.05, 4.69) is 6.92 Å². The van der Waals surface area contributed by atoms with E-state index in [-0.39, 0.29) is 18.3 Å². The number of hydrogen-bond acceptors (Lipinski definition) is 4. The molecule has 0 radical (unpaired) electrons. The number of carboxylic acid groups (broad SMARTS) is 1. The van der Waals surface area contributed by atoms with Gasteiger partial charge in [0.2, 0.25) is 0 Å². The molecule has 0 bridgehead atoms. The number of aliphatic hydroxyl groups excluding tert-OH is 3. The van der Waals surface area contributed by atoms with E-state index in [0.717, 1.165) is 19.3 Å². The van der Waals surface area contributed by atoms with Gasteiger partial charge in [0.15, 0.2) is 0 Å². The predicted molar refractivity (Wildman–Crippen MR) is 98.2 cm³/mol. The van der Waals surface area contributed by atoms with Crippen molar-refractivity contribution in [2.45, 2.75) is 95.9 Å². The average Bonchev–Trinajstić information content (AvgIpc) is 2.82. The maximum atomic E-state index is 10.6. The molecule has 0 amide bonds. The molecule has 0 aromatic carbocycles. The smallest absolute Gasteiger partial charge is 0.303 e. The Balaban J connectivity index is 2.36. The van der Waals surface area contributed by atoms with Gasteiger partial charge < -0.3 is 20.4 Å². The first-order valence-corrected chi connectivity index (χ1v) is 9.90. The van der Waals surface area contributed by atoms with Crippen LogP contribution in [0.3, 0.4) is 0 Å². The summed E-state index contributed by atoms with van der Waals surface area (Å²) in [5.74, 6) is -1.18. The van der Waals surface area contributed by atoms with Gasteiger partial charge in [0, 0.05) is 18.8 Å². The van der Waals surface area contributed by atoms with Gasteiger partial charge in [-0.05, 0) is 25.2 Å². The summed E-state index contributed by atoms with van der Waals surface area (Å²) in [7, 11) is 0. The minimum Gasteiger partial charge on any atom is -0.481 e. The lowest BCUT2D eigenvalue weighted by molar-refractivity contribution is -0.137. The van der Waals surface area contributed by atoms with Crippen LogP contribution in [0.15, 0.2) is 12.2 Å². The van der Waals surface area contributed by atoms with Crippen molar-refractivity contribution in [3.63, 3.8) is 0 Å². The Morgan fingerprint density at radius 3 is 2.44 bits per heavy atom. The fourth-order valence-corrected chi connectivity index (χ4v) is 3.75. The van der Waals surface area contributed by atoms with Gasteiger partial charge in [-0.15, -0.1) is 0 Å². The summed E-state index contributed by atoms with van der Waals surface area (Å²) in [5.41, 5.74) is 0. The first-order chi connectivity index (χ1) is 12.0. The van der Waals surface area contributed by atoms with Crippen LogP contribution >= 0.6 is 0 Å². The molecule has 1 unspecified atom stereocenters. The number of carbonyl (C=O) groups is 1. The zero-order chi connectivity index (χ0) is 18.7. The standard InChI is InChI=1S/C20H36O5/c1-2-3-4-5-6-7-9-15(21)12-13-17-16(10-8-11-20(24)25)18(22)14-19(17)23/h12-13,15-19,21-23H,2-11,14H2,1H3,(H,24,25)/t15?,16-,17-,18+,19-/m1/s1. The summed E-state index contributed by atoms with van der Waals surface area (Å²) < 4.78 is 0. The molecule has 25 heavy (non-hydrogen) atoms. The average molecular weight is 357 g/mol. The van der Waals surface area contributed by atoms with Crippen LogP contribution in [0.4, 0.5) is 0 Å². The third kappa shape index (κ3) is 8.84. The van der Waals surface area contributed by atoms with E-state index in [1.54, 1.807) is 6.08 Å². The van der Waals surface area contributed by atoms with E-state index in [0.29, 0.717) is 19.3 Å². The largest absolute Gasteiger partial charge is 0.481 e. The zero-order valence-electron chi connectivity index (χ0n) is 15.5. The molecule has 1 fully saturated rings. The molecule has 0 saturated heterocycles. The van der Waals surface area contributed by atoms with Crippen LogP contribution in [0.25, 0.3) is 0 Å². The van der Waals surface area contributed by atoms with Crippen molar-refractivity contribution in [2.75, 3.05) is 0 Å². The van der Waals surface area contributed by atoms with E-state index in [9.17, 15) is 20.1 Å². The second-order valence-electron chi connectivity index (χ2n) is 7.41. The Kier molecular flexibility index (Phi) is 11.0. The van der Waals surface area contributed by atoms with Crippen molar-refractivity contribution in [3.8, 4) is 0 Å². The molecule has 0 aromatic rings. The second kappa shape index (κ2) is 12.4. The summed E-state index contributed by atoms with van der Waals surface area (Å²) in [6, 6.07) is 0. The minimum atomic E-state index is -0.838. The molecule has 5 nitrogen and oxygen atoms in total. The molecule has 5 heteroatoms. The topological polar surface area (TPSA) is 98.0 Å². The normalized spacial score (nSPS) is 27.8. The SMILES string of the molecule is CCCCCCCCC(O)C=C[C@@H]1[C@@H](CCCC(=O)O)[C@@H](O)C[C@H]1O. The van der Waals surface area contributed by atoms with E-state index in [1.165, 1.54) is 25.7 Å². The van der Waals surface area contributed by atoms with Gasteiger partial charge in [-0.25, -0.2) is 0 Å². The van der Waals surface area contributed by atoms with Crippen LogP contribution in [0.2, 0.25) is 0 Å². The van der Waals surface area contributed by atoms with Gasteiger partial charge in [0.05, 0.1) is 18.3 Å². The quantitative estimate of drug-likeness (QED) is 0.300. The molecule has 5 atom stereocenters. The number of unbranched alkanes of at least 4 members (excludes halogenated alkanes) is 5. The molecular formula is C20H36O5. The summed E-state index contributed by atoms with van der Waals surface area (Å²) in [5, 5.41) is 39.1. The lowest BCUT2D eigenvalue weighted by atomic mass is 9.88. The maximum absolute atomic E-state index is 10.6. The number of aliphatic hydroxyl groups is 3. The molecule has 4 N–H and O–H groups in total. The number of rotatable bonds is 13. The van der Waals surface area contributed by atoms with Gasteiger partial charge in [0.25, 0.3) is 0 Å². The van der Waals surface area contributed by atoms with E-state index >= 15 is 0 Å². The van der Waals surface area contributed by atoms with Crippen LogP contribution < -0.4 is 0 Å². The minimum absolute atomic E-state index is 0.0798. The lowest BCUT2D eigenvalue weighted by Crippen LogP contribution is -2.21. The molecular weight excluding hydrogens is 320 g/mol. The second-order valence-corrected chi connectivity index (χ2v) is 7.41. The molecule has 1 aliphatic carbocycles. The molecule has 0 spiro atoms. The maximum Gasteiger partial charge on any atom is 0.303 e. The first kappa shape index (κ1) is 22.1. The number of aliphatic carboxylic acids is 1. The van der Waals surface area contributed by atoms with Crippen molar-refractivity contribution in [3.05, 3.63) is 12.2 Å². The highest BCUT2D eigenvalue weighted by Crippen LogP contribution is 2.37. The Morgan fingerprint density at radius 1 is 1.08 bits per heavy atom. The van der Waals surface area contributed by atoms with Gasteiger partial charge >= 0.3 is 5.97 Å². The Bertz CT molecular complexity index is 396. The van der Waals surface area contributed by atoms with Crippen LogP contribution in [0.1, 0.15) is 77.6 Å². The van der Waals surface area contributed by atoms with Gasteiger partial charge in [-0.2, -0.15) is 0 Å².